The standard InChI is InChI=1S/C21H23N3O3/c1-3-4-5-12-22-15-18-23-19(21(25)26-2)20(27-18)16-8-10-17(11-9-16)24-13-6-7-14-24/h3,6-11,13-14,22H,1,4-5,12,15H2,2H3. The Kier molecular flexibility index (Phi) is 6.22. The fraction of sp³-hybridized carbons (Fsp3) is 0.238. The number of nitrogens with zero attached hydrogens (tertiary/aromatic N) is 2. The number of methoxy groups -OCH3 is 1. The first-order chi connectivity index (χ1) is 13.2. The normalized spacial score (nSPS) is 10.7. The molecule has 1 aromatic carbocycles. The van der Waals surface area contributed by atoms with Gasteiger partial charge in [-0.3, -0.25) is 0 Å². The molecule has 0 unspecified atom stereocenters. The number of carbonyl (C=O) groups excluding carboxylic acids is 1. The monoisotopic (exact) mass is 365 g/mol. The van der Waals surface area contributed by atoms with E-state index in [4.69, 9.17) is 9.15 Å². The maximum absolute atomic E-state index is 12.1. The van der Waals surface area contributed by atoms with Crippen LogP contribution in [0.15, 0.2) is 65.9 Å². The minimum atomic E-state index is -0.513. The third-order valence-corrected chi connectivity index (χ3v) is 4.12. The second kappa shape index (κ2) is 9.00. The highest BCUT2D eigenvalue weighted by atomic mass is 16.5. The van der Waals surface area contributed by atoms with E-state index in [1.807, 2.05) is 59.4 Å². The molecular formula is C21H23N3O3. The molecule has 0 atom stereocenters. The van der Waals surface area contributed by atoms with Crippen LogP contribution in [0.3, 0.4) is 0 Å². The summed E-state index contributed by atoms with van der Waals surface area (Å²) < 4.78 is 12.7. The Bertz CT molecular complexity index is 880. The number of benzene rings is 1. The predicted octanol–water partition coefficient (Wildman–Crippen LogP) is 3.97. The number of rotatable bonds is 9. The van der Waals surface area contributed by atoms with E-state index in [0.717, 1.165) is 30.6 Å². The first-order valence-electron chi connectivity index (χ1n) is 8.86. The first kappa shape index (κ1) is 18.7. The molecule has 3 rings (SSSR count). The number of hydrogen-bond acceptors (Lipinski definition) is 5. The predicted molar refractivity (Wildman–Crippen MR) is 104 cm³/mol. The van der Waals surface area contributed by atoms with E-state index >= 15 is 0 Å². The summed E-state index contributed by atoms with van der Waals surface area (Å²) in [5, 5.41) is 3.25. The lowest BCUT2D eigenvalue weighted by atomic mass is 10.1. The molecule has 140 valence electrons. The second-order valence-electron chi connectivity index (χ2n) is 6.02. The highest BCUT2D eigenvalue weighted by Gasteiger charge is 2.22. The van der Waals surface area contributed by atoms with Crippen molar-refractivity contribution in [3.05, 3.63) is 73.0 Å². The van der Waals surface area contributed by atoms with E-state index in [2.05, 4.69) is 16.9 Å². The van der Waals surface area contributed by atoms with Gasteiger partial charge in [-0.15, -0.1) is 6.58 Å². The minimum absolute atomic E-state index is 0.189. The van der Waals surface area contributed by atoms with Gasteiger partial charge in [0.25, 0.3) is 0 Å². The van der Waals surface area contributed by atoms with Crippen LogP contribution in [-0.4, -0.2) is 29.2 Å². The molecule has 0 spiro atoms. The van der Waals surface area contributed by atoms with Gasteiger partial charge >= 0.3 is 5.97 Å². The third-order valence-electron chi connectivity index (χ3n) is 4.12. The highest BCUT2D eigenvalue weighted by molar-refractivity contribution is 5.93. The summed E-state index contributed by atoms with van der Waals surface area (Å²) in [4.78, 5) is 16.4. The molecule has 0 radical (unpaired) electrons. The number of carbonyl (C=O) groups is 1. The van der Waals surface area contributed by atoms with Crippen LogP contribution in [-0.2, 0) is 11.3 Å². The summed E-state index contributed by atoms with van der Waals surface area (Å²) in [5.41, 5.74) is 1.98. The third kappa shape index (κ3) is 4.54. The van der Waals surface area contributed by atoms with Crippen LogP contribution >= 0.6 is 0 Å². The Morgan fingerprint density at radius 3 is 2.70 bits per heavy atom. The van der Waals surface area contributed by atoms with Crippen molar-refractivity contribution < 1.29 is 13.9 Å². The van der Waals surface area contributed by atoms with Gasteiger partial charge in [-0.25, -0.2) is 9.78 Å². The number of nitrogens with one attached hydrogen (secondary N) is 1. The first-order valence-corrected chi connectivity index (χ1v) is 8.86. The summed E-state index contributed by atoms with van der Waals surface area (Å²) in [6.07, 6.45) is 7.77. The van der Waals surface area contributed by atoms with Gasteiger partial charge in [-0.1, -0.05) is 6.08 Å². The summed E-state index contributed by atoms with van der Waals surface area (Å²) in [7, 11) is 1.34. The molecule has 0 bridgehead atoms. The lowest BCUT2D eigenvalue weighted by Crippen LogP contribution is -2.15. The van der Waals surface area contributed by atoms with Gasteiger partial charge < -0.3 is 19.0 Å². The molecule has 2 heterocycles. The fourth-order valence-corrected chi connectivity index (χ4v) is 2.73. The van der Waals surface area contributed by atoms with Crippen molar-refractivity contribution in [1.82, 2.24) is 14.9 Å². The van der Waals surface area contributed by atoms with Crippen LogP contribution in [0.4, 0.5) is 0 Å². The number of allylic oxidation sites excluding steroid dienone is 1. The van der Waals surface area contributed by atoms with Gasteiger partial charge in [0.2, 0.25) is 5.89 Å². The molecule has 6 nitrogen and oxygen atoms in total. The highest BCUT2D eigenvalue weighted by Crippen LogP contribution is 2.27. The van der Waals surface area contributed by atoms with Crippen molar-refractivity contribution in [2.45, 2.75) is 19.4 Å². The second-order valence-corrected chi connectivity index (χ2v) is 6.02. The van der Waals surface area contributed by atoms with Crippen LogP contribution in [0.1, 0.15) is 29.2 Å². The molecule has 0 aliphatic rings. The van der Waals surface area contributed by atoms with E-state index in [1.165, 1.54) is 7.11 Å². The molecule has 1 N–H and O–H groups in total. The van der Waals surface area contributed by atoms with Crippen LogP contribution in [0.2, 0.25) is 0 Å². The van der Waals surface area contributed by atoms with Gasteiger partial charge in [0.15, 0.2) is 11.5 Å². The van der Waals surface area contributed by atoms with Gasteiger partial charge in [0.1, 0.15) is 0 Å². The van der Waals surface area contributed by atoms with Crippen molar-refractivity contribution in [3.8, 4) is 17.0 Å². The summed E-state index contributed by atoms with van der Waals surface area (Å²) >= 11 is 0. The largest absolute Gasteiger partial charge is 0.464 e. The number of unbranched alkanes of at least 4 members (excludes halogenated alkanes) is 1. The Labute approximate surface area is 158 Å². The van der Waals surface area contributed by atoms with E-state index in [-0.39, 0.29) is 5.69 Å². The van der Waals surface area contributed by atoms with Gasteiger partial charge in [0.05, 0.1) is 13.7 Å². The summed E-state index contributed by atoms with van der Waals surface area (Å²) in [5.74, 6) is 0.364. The minimum Gasteiger partial charge on any atom is -0.464 e. The Balaban J connectivity index is 1.80. The van der Waals surface area contributed by atoms with Gasteiger partial charge in [-0.05, 0) is 55.8 Å². The molecule has 2 aromatic heterocycles. The van der Waals surface area contributed by atoms with Crippen molar-refractivity contribution in [1.29, 1.82) is 0 Å². The molecule has 0 saturated heterocycles. The fourth-order valence-electron chi connectivity index (χ4n) is 2.73. The van der Waals surface area contributed by atoms with Gasteiger partial charge in [0, 0.05) is 23.6 Å². The number of hydrogen-bond donors (Lipinski definition) is 1. The van der Waals surface area contributed by atoms with Crippen molar-refractivity contribution in [3.63, 3.8) is 0 Å². The Hall–Kier alpha value is -3.12. The molecule has 0 amide bonds. The topological polar surface area (TPSA) is 69.3 Å². The average Bonchev–Trinajstić information content (AvgIpc) is 3.37. The molecular weight excluding hydrogens is 342 g/mol. The summed E-state index contributed by atoms with van der Waals surface area (Å²) in [6.45, 7) is 4.97. The van der Waals surface area contributed by atoms with Crippen molar-refractivity contribution >= 4 is 5.97 Å². The van der Waals surface area contributed by atoms with E-state index in [0.29, 0.717) is 18.2 Å². The van der Waals surface area contributed by atoms with E-state index in [9.17, 15) is 4.79 Å². The quantitative estimate of drug-likeness (QED) is 0.353. The Morgan fingerprint density at radius 1 is 1.30 bits per heavy atom. The zero-order chi connectivity index (χ0) is 19.1. The molecule has 0 saturated carbocycles. The van der Waals surface area contributed by atoms with Crippen LogP contribution < -0.4 is 5.32 Å². The number of ether oxygens (including phenoxy) is 1. The van der Waals surface area contributed by atoms with Crippen LogP contribution in [0.25, 0.3) is 17.0 Å². The molecule has 3 aromatic rings. The Morgan fingerprint density at radius 2 is 2.04 bits per heavy atom. The van der Waals surface area contributed by atoms with Crippen LogP contribution in [0.5, 0.6) is 0 Å². The lowest BCUT2D eigenvalue weighted by Gasteiger charge is -2.04. The molecule has 0 aliphatic heterocycles. The zero-order valence-electron chi connectivity index (χ0n) is 15.4. The van der Waals surface area contributed by atoms with E-state index in [1.54, 1.807) is 0 Å². The van der Waals surface area contributed by atoms with Gasteiger partial charge in [-0.2, -0.15) is 0 Å². The number of aromatic nitrogens is 2. The smallest absolute Gasteiger partial charge is 0.360 e. The van der Waals surface area contributed by atoms with Crippen LogP contribution in [0, 0.1) is 0 Å². The number of esters is 1. The molecule has 0 aliphatic carbocycles. The average molecular weight is 365 g/mol. The van der Waals surface area contributed by atoms with Crippen molar-refractivity contribution in [2.75, 3.05) is 13.7 Å². The lowest BCUT2D eigenvalue weighted by molar-refractivity contribution is 0.0595. The molecule has 6 heteroatoms. The SMILES string of the molecule is C=CCCCNCc1nc(C(=O)OC)c(-c2ccc(-n3cccc3)cc2)o1. The molecule has 27 heavy (non-hydrogen) atoms. The summed E-state index contributed by atoms with van der Waals surface area (Å²) in [6, 6.07) is 11.7. The zero-order valence-corrected chi connectivity index (χ0v) is 15.4. The van der Waals surface area contributed by atoms with E-state index < -0.39 is 5.97 Å². The maximum atomic E-state index is 12.1. The van der Waals surface area contributed by atoms with Crippen molar-refractivity contribution in [2.24, 2.45) is 0 Å². The maximum Gasteiger partial charge on any atom is 0.360 e. The number of oxazole rings is 1. The molecule has 0 fully saturated rings.